The first-order valence-corrected chi connectivity index (χ1v) is 9.91. The number of rotatable bonds is 6. The lowest BCUT2D eigenvalue weighted by Gasteiger charge is -2.18. The van der Waals surface area contributed by atoms with Gasteiger partial charge in [-0.3, -0.25) is 5.32 Å². The summed E-state index contributed by atoms with van der Waals surface area (Å²) in [5.74, 6) is 1.08. The van der Waals surface area contributed by atoms with Crippen LogP contribution in [0, 0.1) is 0 Å². The number of nitrogens with zero attached hydrogens (tertiary/aromatic N) is 3. The van der Waals surface area contributed by atoms with E-state index in [1.807, 2.05) is 19.9 Å². The number of amides is 2. The molecule has 2 heterocycles. The summed E-state index contributed by atoms with van der Waals surface area (Å²) < 4.78 is 5.50. The molecule has 26 heavy (non-hydrogen) atoms. The molecule has 0 aliphatic heterocycles. The summed E-state index contributed by atoms with van der Waals surface area (Å²) in [4.78, 5) is 16.3. The van der Waals surface area contributed by atoms with E-state index in [4.69, 9.17) is 4.74 Å². The number of hydrogen-bond acceptors (Lipinski definition) is 6. The number of ether oxygens (including phenoxy) is 1. The van der Waals surface area contributed by atoms with Gasteiger partial charge in [-0.1, -0.05) is 36.7 Å². The van der Waals surface area contributed by atoms with Crippen molar-refractivity contribution in [3.63, 3.8) is 0 Å². The lowest BCUT2D eigenvalue weighted by Crippen LogP contribution is -2.28. The number of nitrogens with one attached hydrogen (secondary N) is 2. The molecule has 140 valence electrons. The number of carbonyl (C=O) groups excluding carboxylic acids is 1. The monoisotopic (exact) mass is 375 g/mol. The molecule has 1 saturated carbocycles. The van der Waals surface area contributed by atoms with Crippen molar-refractivity contribution < 1.29 is 9.53 Å². The lowest BCUT2D eigenvalue weighted by atomic mass is 9.90. The van der Waals surface area contributed by atoms with Crippen LogP contribution in [-0.2, 0) is 6.54 Å². The second-order valence-corrected chi connectivity index (χ2v) is 7.77. The Labute approximate surface area is 157 Å². The molecule has 2 aromatic rings. The first-order chi connectivity index (χ1) is 12.6. The van der Waals surface area contributed by atoms with E-state index in [1.54, 1.807) is 12.3 Å². The topological polar surface area (TPSA) is 89.0 Å². The van der Waals surface area contributed by atoms with Gasteiger partial charge in [-0.05, 0) is 32.3 Å². The normalized spacial score (nSPS) is 15.0. The van der Waals surface area contributed by atoms with Crippen molar-refractivity contribution in [1.29, 1.82) is 0 Å². The highest BCUT2D eigenvalue weighted by atomic mass is 32.1. The standard InChI is InChI=1S/C18H25N5O2S/c1-12(2)25-15-9-8-13(10-19-15)11-20-17(24)21-18-23-22-16(26-18)14-6-4-3-5-7-14/h8-10,12,14H,3-7,11H2,1-2H3,(H2,20,21,23,24). The molecule has 3 rings (SSSR count). The summed E-state index contributed by atoms with van der Waals surface area (Å²) in [7, 11) is 0. The Balaban J connectivity index is 1.46. The van der Waals surface area contributed by atoms with Gasteiger partial charge >= 0.3 is 6.03 Å². The number of anilines is 1. The molecule has 0 saturated heterocycles. The molecule has 1 aliphatic rings. The van der Waals surface area contributed by atoms with E-state index < -0.39 is 0 Å². The molecule has 2 N–H and O–H groups in total. The third-order valence-corrected chi connectivity index (χ3v) is 5.22. The van der Waals surface area contributed by atoms with Crippen molar-refractivity contribution in [3.05, 3.63) is 28.9 Å². The zero-order valence-corrected chi connectivity index (χ0v) is 16.0. The van der Waals surface area contributed by atoms with Crippen molar-refractivity contribution in [2.24, 2.45) is 0 Å². The predicted molar refractivity (Wildman–Crippen MR) is 102 cm³/mol. The van der Waals surface area contributed by atoms with E-state index in [0.29, 0.717) is 23.5 Å². The minimum absolute atomic E-state index is 0.0858. The molecule has 2 amide bonds. The number of hydrogen-bond donors (Lipinski definition) is 2. The number of pyridine rings is 1. The van der Waals surface area contributed by atoms with Gasteiger partial charge in [-0.15, -0.1) is 10.2 Å². The van der Waals surface area contributed by atoms with Crippen LogP contribution < -0.4 is 15.4 Å². The maximum atomic E-state index is 12.1. The fourth-order valence-electron chi connectivity index (χ4n) is 2.95. The maximum absolute atomic E-state index is 12.1. The molecule has 0 spiro atoms. The minimum Gasteiger partial charge on any atom is -0.475 e. The van der Waals surface area contributed by atoms with E-state index in [9.17, 15) is 4.79 Å². The van der Waals surface area contributed by atoms with E-state index in [-0.39, 0.29) is 12.1 Å². The SMILES string of the molecule is CC(C)Oc1ccc(CNC(=O)Nc2nnc(C3CCCCC3)s2)cn1. The maximum Gasteiger partial charge on any atom is 0.321 e. The smallest absolute Gasteiger partial charge is 0.321 e. The van der Waals surface area contributed by atoms with Gasteiger partial charge in [0.05, 0.1) is 6.10 Å². The summed E-state index contributed by atoms with van der Waals surface area (Å²) in [5, 5.41) is 15.5. The molecule has 0 atom stereocenters. The van der Waals surface area contributed by atoms with Gasteiger partial charge in [-0.2, -0.15) is 0 Å². The Morgan fingerprint density at radius 1 is 1.27 bits per heavy atom. The molecule has 1 fully saturated rings. The molecule has 2 aromatic heterocycles. The van der Waals surface area contributed by atoms with Crippen LogP contribution in [0.15, 0.2) is 18.3 Å². The highest BCUT2D eigenvalue weighted by Gasteiger charge is 2.20. The fraction of sp³-hybridized carbons (Fsp3) is 0.556. The molecule has 0 radical (unpaired) electrons. The third kappa shape index (κ3) is 5.39. The van der Waals surface area contributed by atoms with Crippen LogP contribution >= 0.6 is 11.3 Å². The van der Waals surface area contributed by atoms with Gasteiger partial charge < -0.3 is 10.1 Å². The predicted octanol–water partition coefficient (Wildman–Crippen LogP) is 4.09. The van der Waals surface area contributed by atoms with Crippen molar-refractivity contribution >= 4 is 22.5 Å². The summed E-state index contributed by atoms with van der Waals surface area (Å²) in [6.07, 6.45) is 7.94. The van der Waals surface area contributed by atoms with E-state index in [2.05, 4.69) is 25.8 Å². The summed E-state index contributed by atoms with van der Waals surface area (Å²) in [5.41, 5.74) is 0.899. The first-order valence-electron chi connectivity index (χ1n) is 9.10. The van der Waals surface area contributed by atoms with Crippen LogP contribution in [0.1, 0.15) is 62.4 Å². The van der Waals surface area contributed by atoms with Gasteiger partial charge in [0, 0.05) is 24.7 Å². The zero-order valence-electron chi connectivity index (χ0n) is 15.2. The number of carbonyl (C=O) groups is 1. The van der Waals surface area contributed by atoms with Gasteiger partial charge in [-0.25, -0.2) is 9.78 Å². The Bertz CT molecular complexity index is 711. The second-order valence-electron chi connectivity index (χ2n) is 6.76. The Kier molecular flexibility index (Phi) is 6.38. The quantitative estimate of drug-likeness (QED) is 0.794. The Hall–Kier alpha value is -2.22. The van der Waals surface area contributed by atoms with Crippen LogP contribution in [0.4, 0.5) is 9.93 Å². The van der Waals surface area contributed by atoms with E-state index >= 15 is 0 Å². The van der Waals surface area contributed by atoms with Crippen molar-refractivity contribution in [2.45, 2.75) is 64.5 Å². The summed E-state index contributed by atoms with van der Waals surface area (Å²) in [6, 6.07) is 3.40. The molecule has 8 heteroatoms. The molecule has 0 unspecified atom stereocenters. The fourth-order valence-corrected chi connectivity index (χ4v) is 3.86. The van der Waals surface area contributed by atoms with Crippen LogP contribution in [0.3, 0.4) is 0 Å². The van der Waals surface area contributed by atoms with E-state index in [0.717, 1.165) is 10.6 Å². The number of urea groups is 1. The van der Waals surface area contributed by atoms with Crippen LogP contribution in [0.5, 0.6) is 5.88 Å². The average Bonchev–Trinajstić information content (AvgIpc) is 3.10. The van der Waals surface area contributed by atoms with Gasteiger partial charge in [0.2, 0.25) is 11.0 Å². The lowest BCUT2D eigenvalue weighted by molar-refractivity contribution is 0.232. The molecule has 7 nitrogen and oxygen atoms in total. The van der Waals surface area contributed by atoms with Crippen LogP contribution in [0.2, 0.25) is 0 Å². The zero-order chi connectivity index (χ0) is 18.4. The minimum atomic E-state index is -0.293. The third-order valence-electron chi connectivity index (χ3n) is 4.22. The first kappa shape index (κ1) is 18.6. The average molecular weight is 375 g/mol. The van der Waals surface area contributed by atoms with Crippen LogP contribution in [-0.4, -0.2) is 27.3 Å². The highest BCUT2D eigenvalue weighted by molar-refractivity contribution is 7.15. The molecule has 1 aliphatic carbocycles. The molecule has 0 bridgehead atoms. The molecule has 0 aromatic carbocycles. The largest absolute Gasteiger partial charge is 0.475 e. The Morgan fingerprint density at radius 3 is 2.77 bits per heavy atom. The van der Waals surface area contributed by atoms with Crippen molar-refractivity contribution in [2.75, 3.05) is 5.32 Å². The van der Waals surface area contributed by atoms with Crippen molar-refractivity contribution in [1.82, 2.24) is 20.5 Å². The highest BCUT2D eigenvalue weighted by Crippen LogP contribution is 2.35. The Morgan fingerprint density at radius 2 is 2.08 bits per heavy atom. The van der Waals surface area contributed by atoms with Crippen LogP contribution in [0.25, 0.3) is 0 Å². The summed E-state index contributed by atoms with van der Waals surface area (Å²) >= 11 is 1.47. The van der Waals surface area contributed by atoms with Gasteiger partial charge in [0.1, 0.15) is 5.01 Å². The van der Waals surface area contributed by atoms with Gasteiger partial charge in [0.25, 0.3) is 0 Å². The second kappa shape index (κ2) is 8.93. The number of aromatic nitrogens is 3. The molecular weight excluding hydrogens is 350 g/mol. The summed E-state index contributed by atoms with van der Waals surface area (Å²) in [6.45, 7) is 4.29. The van der Waals surface area contributed by atoms with E-state index in [1.165, 1.54) is 43.4 Å². The van der Waals surface area contributed by atoms with Gasteiger partial charge in [0.15, 0.2) is 0 Å². The molecular formula is C18H25N5O2S. The van der Waals surface area contributed by atoms with Crippen molar-refractivity contribution in [3.8, 4) is 5.88 Å².